The molecule has 2 aromatic carbocycles. The Hall–Kier alpha value is -3.86. The summed E-state index contributed by atoms with van der Waals surface area (Å²) in [6, 6.07) is 14.8. The van der Waals surface area contributed by atoms with Gasteiger partial charge in [-0.3, -0.25) is 9.69 Å². The van der Waals surface area contributed by atoms with Gasteiger partial charge in [0.05, 0.1) is 6.07 Å². The van der Waals surface area contributed by atoms with Crippen molar-refractivity contribution < 1.29 is 18.7 Å². The van der Waals surface area contributed by atoms with Crippen molar-refractivity contribution in [3.8, 4) is 17.2 Å². The van der Waals surface area contributed by atoms with Crippen LogP contribution in [0.5, 0.6) is 0 Å². The highest BCUT2D eigenvalue weighted by Gasteiger charge is 2.52. The third kappa shape index (κ3) is 5.17. The fourth-order valence-corrected chi connectivity index (χ4v) is 5.58. The first-order chi connectivity index (χ1) is 17.6. The van der Waals surface area contributed by atoms with Gasteiger partial charge < -0.3 is 14.5 Å². The zero-order chi connectivity index (χ0) is 26.3. The minimum atomic E-state index is -0.701. The van der Waals surface area contributed by atoms with Crippen LogP contribution in [0.15, 0.2) is 46.9 Å². The molecule has 2 bridgehead atoms. The van der Waals surface area contributed by atoms with Crippen LogP contribution >= 0.6 is 0 Å². The van der Waals surface area contributed by atoms with Crippen molar-refractivity contribution >= 4 is 23.1 Å². The predicted octanol–water partition coefficient (Wildman–Crippen LogP) is 5.14. The molecular formula is C29H32N4O4. The summed E-state index contributed by atoms with van der Waals surface area (Å²) in [5.41, 5.74) is 3.92. The lowest BCUT2D eigenvalue weighted by Crippen LogP contribution is -2.55. The van der Waals surface area contributed by atoms with E-state index in [9.17, 15) is 14.9 Å². The molecule has 8 nitrogen and oxygen atoms in total. The average molecular weight is 501 g/mol. The molecule has 0 spiro atoms. The van der Waals surface area contributed by atoms with E-state index < -0.39 is 23.8 Å². The molecule has 1 aromatic heterocycles. The number of amides is 2. The summed E-state index contributed by atoms with van der Waals surface area (Å²) in [5.74, 6) is 0.450. The highest BCUT2D eigenvalue weighted by Crippen LogP contribution is 2.43. The number of fused-ring (bicyclic) bond motifs is 3. The Labute approximate surface area is 216 Å². The van der Waals surface area contributed by atoms with Gasteiger partial charge in [0.1, 0.15) is 23.2 Å². The van der Waals surface area contributed by atoms with Crippen LogP contribution in [0, 0.1) is 24.2 Å². The molecule has 1 aliphatic carbocycles. The summed E-state index contributed by atoms with van der Waals surface area (Å²) in [4.78, 5) is 32.2. The maximum absolute atomic E-state index is 13.3. The molecule has 1 N–H and O–H groups in total. The van der Waals surface area contributed by atoms with E-state index in [0.717, 1.165) is 47.1 Å². The van der Waals surface area contributed by atoms with Crippen molar-refractivity contribution in [1.82, 2.24) is 15.2 Å². The van der Waals surface area contributed by atoms with Crippen LogP contribution in [0.3, 0.4) is 0 Å². The molecule has 0 radical (unpaired) electrons. The van der Waals surface area contributed by atoms with Gasteiger partial charge in [0, 0.05) is 19.4 Å². The van der Waals surface area contributed by atoms with E-state index in [0.29, 0.717) is 12.3 Å². The standard InChI is InChI=1S/C29H32N4O4/c1-17-31-24-15-20(10-12-25(24)36-17)19-7-5-18(6-8-19)13-22(16-30)32-27(34)26-21-9-11-23(14-21)33(26)28(35)37-29(2,3)4/h5-8,10,12,15,21-23,26H,9,11,13-14H2,1-4H3,(H,32,34). The van der Waals surface area contributed by atoms with Crippen molar-refractivity contribution in [2.45, 2.75) is 77.1 Å². The van der Waals surface area contributed by atoms with E-state index in [1.165, 1.54) is 0 Å². The molecule has 8 heteroatoms. The zero-order valence-electron chi connectivity index (χ0n) is 21.7. The largest absolute Gasteiger partial charge is 0.444 e. The van der Waals surface area contributed by atoms with Crippen molar-refractivity contribution in [2.24, 2.45) is 5.92 Å². The maximum atomic E-state index is 13.3. The van der Waals surface area contributed by atoms with Crippen molar-refractivity contribution in [3.05, 3.63) is 53.9 Å². The summed E-state index contributed by atoms with van der Waals surface area (Å²) in [5, 5.41) is 12.7. The molecule has 2 aliphatic rings. The quantitative estimate of drug-likeness (QED) is 0.519. The molecule has 4 atom stereocenters. The normalized spacial score (nSPS) is 21.6. The van der Waals surface area contributed by atoms with E-state index in [2.05, 4.69) is 16.4 Å². The minimum absolute atomic E-state index is 0.0177. The molecule has 2 heterocycles. The summed E-state index contributed by atoms with van der Waals surface area (Å²) < 4.78 is 11.1. The number of nitrogens with one attached hydrogen (secondary N) is 1. The number of nitriles is 1. The number of oxazole rings is 1. The number of rotatable bonds is 5. The molecule has 37 heavy (non-hydrogen) atoms. The number of aromatic nitrogens is 1. The highest BCUT2D eigenvalue weighted by atomic mass is 16.6. The van der Waals surface area contributed by atoms with Crippen LogP contribution in [0.4, 0.5) is 4.79 Å². The van der Waals surface area contributed by atoms with Crippen molar-refractivity contribution in [2.75, 3.05) is 0 Å². The Balaban J connectivity index is 1.25. The van der Waals surface area contributed by atoms with Gasteiger partial charge in [0.15, 0.2) is 11.5 Å². The molecule has 2 amide bonds. The Bertz CT molecular complexity index is 1370. The number of hydrogen-bond acceptors (Lipinski definition) is 6. The molecule has 1 aliphatic heterocycles. The van der Waals surface area contributed by atoms with Gasteiger partial charge in [-0.05, 0) is 74.8 Å². The number of ether oxygens (including phenoxy) is 1. The van der Waals surface area contributed by atoms with Crippen LogP contribution in [0.2, 0.25) is 0 Å². The van der Waals surface area contributed by atoms with Crippen LogP contribution in [-0.4, -0.2) is 45.6 Å². The Morgan fingerprint density at radius 2 is 1.92 bits per heavy atom. The molecule has 3 aromatic rings. The molecule has 4 unspecified atom stereocenters. The van der Waals surface area contributed by atoms with E-state index in [1.807, 2.05) is 70.2 Å². The summed E-state index contributed by atoms with van der Waals surface area (Å²) in [6.45, 7) is 7.28. The van der Waals surface area contributed by atoms with Gasteiger partial charge in [-0.1, -0.05) is 30.3 Å². The lowest BCUT2D eigenvalue weighted by Gasteiger charge is -2.35. The van der Waals surface area contributed by atoms with Crippen molar-refractivity contribution in [1.29, 1.82) is 5.26 Å². The van der Waals surface area contributed by atoms with E-state index in [4.69, 9.17) is 9.15 Å². The minimum Gasteiger partial charge on any atom is -0.444 e. The molecule has 1 saturated heterocycles. The van der Waals surface area contributed by atoms with Crippen LogP contribution < -0.4 is 5.32 Å². The van der Waals surface area contributed by atoms with E-state index in [-0.39, 0.29) is 17.9 Å². The van der Waals surface area contributed by atoms with Gasteiger partial charge in [-0.15, -0.1) is 0 Å². The second-order valence-electron chi connectivity index (χ2n) is 11.1. The lowest BCUT2D eigenvalue weighted by atomic mass is 9.97. The zero-order valence-corrected chi connectivity index (χ0v) is 21.7. The molecule has 1 saturated carbocycles. The third-order valence-electron chi connectivity index (χ3n) is 7.15. The fourth-order valence-electron chi connectivity index (χ4n) is 5.58. The third-order valence-corrected chi connectivity index (χ3v) is 7.15. The number of aryl methyl sites for hydroxylation is 1. The number of benzene rings is 2. The molecule has 2 fully saturated rings. The van der Waals surface area contributed by atoms with Gasteiger partial charge in [0.25, 0.3) is 0 Å². The van der Waals surface area contributed by atoms with Crippen LogP contribution in [-0.2, 0) is 16.0 Å². The second kappa shape index (κ2) is 9.55. The summed E-state index contributed by atoms with van der Waals surface area (Å²) >= 11 is 0. The molecular weight excluding hydrogens is 468 g/mol. The van der Waals surface area contributed by atoms with Gasteiger partial charge in [-0.2, -0.15) is 5.26 Å². The first kappa shape index (κ1) is 24.8. The molecule has 192 valence electrons. The van der Waals surface area contributed by atoms with Crippen LogP contribution in [0.25, 0.3) is 22.2 Å². The Morgan fingerprint density at radius 3 is 2.62 bits per heavy atom. The van der Waals surface area contributed by atoms with E-state index >= 15 is 0 Å². The smallest absolute Gasteiger partial charge is 0.411 e. The lowest BCUT2D eigenvalue weighted by molar-refractivity contribution is -0.128. The topological polar surface area (TPSA) is 108 Å². The van der Waals surface area contributed by atoms with Gasteiger partial charge in [0.2, 0.25) is 5.91 Å². The number of likely N-dealkylation sites (tertiary alicyclic amines) is 1. The van der Waals surface area contributed by atoms with Crippen LogP contribution in [0.1, 0.15) is 51.5 Å². The summed E-state index contributed by atoms with van der Waals surface area (Å²) in [7, 11) is 0. The molecule has 5 rings (SSSR count). The number of hydrogen-bond donors (Lipinski definition) is 1. The highest BCUT2D eigenvalue weighted by molar-refractivity contribution is 5.87. The first-order valence-corrected chi connectivity index (χ1v) is 12.8. The van der Waals surface area contributed by atoms with E-state index in [1.54, 1.807) is 4.90 Å². The Kier molecular flexibility index (Phi) is 6.40. The second-order valence-corrected chi connectivity index (χ2v) is 11.1. The number of carbonyl (C=O) groups excluding carboxylic acids is 2. The number of piperidine rings is 1. The SMILES string of the molecule is Cc1nc2cc(-c3ccc(CC(C#N)NC(=O)C4C5CCC(C5)N4C(=O)OC(C)(C)C)cc3)ccc2o1. The van der Waals surface area contributed by atoms with Crippen molar-refractivity contribution in [3.63, 3.8) is 0 Å². The number of carbonyl (C=O) groups is 2. The monoisotopic (exact) mass is 500 g/mol. The van der Waals surface area contributed by atoms with Gasteiger partial charge >= 0.3 is 6.09 Å². The van der Waals surface area contributed by atoms with Gasteiger partial charge in [-0.25, -0.2) is 9.78 Å². The summed E-state index contributed by atoms with van der Waals surface area (Å²) in [6.07, 6.45) is 2.50. The fraction of sp³-hybridized carbons (Fsp3) is 0.448. The first-order valence-electron chi connectivity index (χ1n) is 12.8. The predicted molar refractivity (Wildman–Crippen MR) is 138 cm³/mol. The average Bonchev–Trinajstić information content (AvgIpc) is 3.56. The number of nitrogens with zero attached hydrogens (tertiary/aromatic N) is 3. The maximum Gasteiger partial charge on any atom is 0.411 e. The Morgan fingerprint density at radius 1 is 1.19 bits per heavy atom.